The first-order valence-electron chi connectivity index (χ1n) is 6.50. The van der Waals surface area contributed by atoms with Crippen molar-refractivity contribution in [2.45, 2.75) is 18.9 Å². The summed E-state index contributed by atoms with van der Waals surface area (Å²) in [5.41, 5.74) is 2.44. The molecule has 2 aromatic carbocycles. The van der Waals surface area contributed by atoms with Crippen molar-refractivity contribution in [2.75, 3.05) is 0 Å². The SMILES string of the molecule is OC(Cc1ccccc1)Cc1csc2ccccc12. The van der Waals surface area contributed by atoms with E-state index in [-0.39, 0.29) is 6.10 Å². The lowest BCUT2D eigenvalue weighted by Crippen LogP contribution is -2.13. The summed E-state index contributed by atoms with van der Waals surface area (Å²) in [5.74, 6) is 0. The Bertz CT molecular complexity index is 657. The van der Waals surface area contributed by atoms with Gasteiger partial charge in [-0.05, 0) is 34.4 Å². The second kappa shape index (κ2) is 5.55. The number of fused-ring (bicyclic) bond motifs is 1. The summed E-state index contributed by atoms with van der Waals surface area (Å²) < 4.78 is 1.30. The first-order chi connectivity index (χ1) is 9.33. The monoisotopic (exact) mass is 268 g/mol. The van der Waals surface area contributed by atoms with Crippen molar-refractivity contribution in [2.24, 2.45) is 0 Å². The van der Waals surface area contributed by atoms with Gasteiger partial charge >= 0.3 is 0 Å². The molecule has 3 aromatic rings. The molecule has 0 saturated carbocycles. The van der Waals surface area contributed by atoms with Crippen LogP contribution in [0, 0.1) is 0 Å². The van der Waals surface area contributed by atoms with E-state index < -0.39 is 0 Å². The summed E-state index contributed by atoms with van der Waals surface area (Å²) in [6.45, 7) is 0. The molecule has 1 unspecified atom stereocenters. The Morgan fingerprint density at radius 3 is 2.47 bits per heavy atom. The van der Waals surface area contributed by atoms with Crippen molar-refractivity contribution in [3.8, 4) is 0 Å². The minimum Gasteiger partial charge on any atom is -0.392 e. The fourth-order valence-electron chi connectivity index (χ4n) is 2.40. The van der Waals surface area contributed by atoms with Crippen LogP contribution in [0.1, 0.15) is 11.1 Å². The molecule has 96 valence electrons. The molecule has 0 radical (unpaired) electrons. The molecule has 0 bridgehead atoms. The summed E-state index contributed by atoms with van der Waals surface area (Å²) in [7, 11) is 0. The lowest BCUT2D eigenvalue weighted by molar-refractivity contribution is 0.176. The van der Waals surface area contributed by atoms with Crippen molar-refractivity contribution in [1.29, 1.82) is 0 Å². The molecule has 0 aliphatic rings. The van der Waals surface area contributed by atoms with Crippen LogP contribution in [0.2, 0.25) is 0 Å². The van der Waals surface area contributed by atoms with E-state index in [2.05, 4.69) is 41.8 Å². The molecular weight excluding hydrogens is 252 g/mol. The zero-order valence-electron chi connectivity index (χ0n) is 10.6. The number of hydrogen-bond acceptors (Lipinski definition) is 2. The summed E-state index contributed by atoms with van der Waals surface area (Å²) >= 11 is 1.75. The Hall–Kier alpha value is -1.64. The summed E-state index contributed by atoms with van der Waals surface area (Å²) in [6.07, 6.45) is 1.12. The summed E-state index contributed by atoms with van der Waals surface area (Å²) in [5, 5.41) is 13.7. The van der Waals surface area contributed by atoms with Crippen LogP contribution in [-0.2, 0) is 12.8 Å². The van der Waals surface area contributed by atoms with Gasteiger partial charge in [0.2, 0.25) is 0 Å². The fraction of sp³-hybridized carbons (Fsp3) is 0.176. The van der Waals surface area contributed by atoms with Crippen molar-refractivity contribution in [3.05, 3.63) is 71.1 Å². The predicted octanol–water partition coefficient (Wildman–Crippen LogP) is 4.05. The number of aliphatic hydroxyl groups is 1. The molecule has 0 aliphatic carbocycles. The summed E-state index contributed by atoms with van der Waals surface area (Å²) in [4.78, 5) is 0. The highest BCUT2D eigenvalue weighted by molar-refractivity contribution is 7.17. The van der Waals surface area contributed by atoms with E-state index in [0.717, 1.165) is 6.42 Å². The van der Waals surface area contributed by atoms with Crippen LogP contribution in [-0.4, -0.2) is 11.2 Å². The van der Waals surface area contributed by atoms with E-state index >= 15 is 0 Å². The highest BCUT2D eigenvalue weighted by Crippen LogP contribution is 2.26. The third kappa shape index (κ3) is 2.86. The molecule has 0 amide bonds. The van der Waals surface area contributed by atoms with Crippen LogP contribution in [0.3, 0.4) is 0 Å². The van der Waals surface area contributed by atoms with Crippen molar-refractivity contribution >= 4 is 21.4 Å². The molecule has 1 nitrogen and oxygen atoms in total. The van der Waals surface area contributed by atoms with Crippen LogP contribution in [0.25, 0.3) is 10.1 Å². The molecule has 1 atom stereocenters. The molecule has 1 N–H and O–H groups in total. The minimum atomic E-state index is -0.319. The number of thiophene rings is 1. The van der Waals surface area contributed by atoms with Gasteiger partial charge in [0.15, 0.2) is 0 Å². The van der Waals surface area contributed by atoms with Gasteiger partial charge in [0.05, 0.1) is 6.10 Å². The van der Waals surface area contributed by atoms with Crippen LogP contribution >= 0.6 is 11.3 Å². The largest absolute Gasteiger partial charge is 0.392 e. The maximum absolute atomic E-state index is 10.2. The Kier molecular flexibility index (Phi) is 3.62. The van der Waals surface area contributed by atoms with E-state index in [0.29, 0.717) is 6.42 Å². The first kappa shape index (κ1) is 12.4. The standard InChI is InChI=1S/C17H16OS/c18-15(10-13-6-2-1-3-7-13)11-14-12-19-17-9-5-4-8-16(14)17/h1-9,12,15,18H,10-11H2. The van der Waals surface area contributed by atoms with Crippen molar-refractivity contribution in [3.63, 3.8) is 0 Å². The van der Waals surface area contributed by atoms with E-state index in [1.165, 1.54) is 21.2 Å². The predicted molar refractivity (Wildman–Crippen MR) is 81.7 cm³/mol. The molecule has 0 spiro atoms. The molecule has 1 aromatic heterocycles. The van der Waals surface area contributed by atoms with Crippen molar-refractivity contribution in [1.82, 2.24) is 0 Å². The third-order valence-corrected chi connectivity index (χ3v) is 4.34. The highest BCUT2D eigenvalue weighted by Gasteiger charge is 2.10. The van der Waals surface area contributed by atoms with Crippen LogP contribution in [0.5, 0.6) is 0 Å². The van der Waals surface area contributed by atoms with Crippen molar-refractivity contribution < 1.29 is 5.11 Å². The molecular formula is C17H16OS. The van der Waals surface area contributed by atoms with Gasteiger partial charge in [0, 0.05) is 11.1 Å². The van der Waals surface area contributed by atoms with E-state index in [1.54, 1.807) is 11.3 Å². The van der Waals surface area contributed by atoms with Gasteiger partial charge in [0.1, 0.15) is 0 Å². The van der Waals surface area contributed by atoms with E-state index in [4.69, 9.17) is 0 Å². The molecule has 0 saturated heterocycles. The lowest BCUT2D eigenvalue weighted by Gasteiger charge is -2.10. The molecule has 0 fully saturated rings. The van der Waals surface area contributed by atoms with Crippen LogP contribution < -0.4 is 0 Å². The van der Waals surface area contributed by atoms with Gasteiger partial charge in [-0.15, -0.1) is 11.3 Å². The lowest BCUT2D eigenvalue weighted by atomic mass is 10.0. The molecule has 19 heavy (non-hydrogen) atoms. The Labute approximate surface area is 117 Å². The first-order valence-corrected chi connectivity index (χ1v) is 7.38. The zero-order chi connectivity index (χ0) is 13.1. The average molecular weight is 268 g/mol. The highest BCUT2D eigenvalue weighted by atomic mass is 32.1. The van der Waals surface area contributed by atoms with Gasteiger partial charge in [-0.1, -0.05) is 48.5 Å². The molecule has 2 heteroatoms. The van der Waals surface area contributed by atoms with E-state index in [9.17, 15) is 5.11 Å². The second-order valence-corrected chi connectivity index (χ2v) is 5.72. The third-order valence-electron chi connectivity index (χ3n) is 3.33. The molecule has 0 aliphatic heterocycles. The topological polar surface area (TPSA) is 20.2 Å². The Balaban J connectivity index is 1.74. The van der Waals surface area contributed by atoms with Gasteiger partial charge in [0.25, 0.3) is 0 Å². The van der Waals surface area contributed by atoms with Gasteiger partial charge in [-0.2, -0.15) is 0 Å². The number of rotatable bonds is 4. The van der Waals surface area contributed by atoms with Gasteiger partial charge < -0.3 is 5.11 Å². The second-order valence-electron chi connectivity index (χ2n) is 4.80. The quantitative estimate of drug-likeness (QED) is 0.757. The normalized spacial score (nSPS) is 12.7. The maximum atomic E-state index is 10.2. The van der Waals surface area contributed by atoms with Crippen LogP contribution in [0.4, 0.5) is 0 Å². The number of aliphatic hydroxyl groups excluding tert-OH is 1. The average Bonchev–Trinajstić information content (AvgIpc) is 2.83. The van der Waals surface area contributed by atoms with Crippen LogP contribution in [0.15, 0.2) is 60.0 Å². The zero-order valence-corrected chi connectivity index (χ0v) is 11.4. The smallest absolute Gasteiger partial charge is 0.0621 e. The Morgan fingerprint density at radius 1 is 0.895 bits per heavy atom. The molecule has 3 rings (SSSR count). The number of hydrogen-bond donors (Lipinski definition) is 1. The Morgan fingerprint density at radius 2 is 1.63 bits per heavy atom. The van der Waals surface area contributed by atoms with Gasteiger partial charge in [-0.3, -0.25) is 0 Å². The van der Waals surface area contributed by atoms with Gasteiger partial charge in [-0.25, -0.2) is 0 Å². The van der Waals surface area contributed by atoms with E-state index in [1.807, 2.05) is 18.2 Å². The minimum absolute atomic E-state index is 0.319. The fourth-order valence-corrected chi connectivity index (χ4v) is 3.38. The maximum Gasteiger partial charge on any atom is 0.0621 e. The number of benzene rings is 2. The molecule has 1 heterocycles. The summed E-state index contributed by atoms with van der Waals surface area (Å²) in [6, 6.07) is 18.5.